The van der Waals surface area contributed by atoms with Gasteiger partial charge in [-0.25, -0.2) is 4.79 Å². The summed E-state index contributed by atoms with van der Waals surface area (Å²) in [5.41, 5.74) is 1.64. The largest absolute Gasteiger partial charge is 0.507 e. The Bertz CT molecular complexity index is 1620. The Morgan fingerprint density at radius 3 is 2.05 bits per heavy atom. The zero-order valence-corrected chi connectivity index (χ0v) is 23.2. The number of thioether (sulfide) groups is 1. The van der Waals surface area contributed by atoms with Crippen LogP contribution in [0.1, 0.15) is 33.2 Å². The number of phenols is 1. The van der Waals surface area contributed by atoms with Gasteiger partial charge in [0.05, 0.1) is 5.25 Å². The van der Waals surface area contributed by atoms with Gasteiger partial charge in [0.2, 0.25) is 5.91 Å². The molecule has 4 rings (SSSR count). The number of carbonyl (C=O) groups is 4. The van der Waals surface area contributed by atoms with Crippen LogP contribution in [0.3, 0.4) is 0 Å². The first kappa shape index (κ1) is 29.6. The SMILES string of the molecule is CC(Sc1ccc(NC(=O)/C(=C/c2ccccc2)NC(=O)c2ccccc2)cc1)C(=O)Nc1ccc(O)c(C(=O)O)c1. The summed E-state index contributed by atoms with van der Waals surface area (Å²) in [6.07, 6.45) is 1.59. The molecule has 0 bridgehead atoms. The summed E-state index contributed by atoms with van der Waals surface area (Å²) in [5, 5.41) is 26.4. The number of carbonyl (C=O) groups excluding carboxylic acids is 3. The van der Waals surface area contributed by atoms with E-state index in [1.165, 1.54) is 30.0 Å². The predicted molar refractivity (Wildman–Crippen MR) is 162 cm³/mol. The average Bonchev–Trinajstić information content (AvgIpc) is 2.99. The third-order valence-electron chi connectivity index (χ3n) is 5.93. The fourth-order valence-corrected chi connectivity index (χ4v) is 4.63. The number of hydrogen-bond acceptors (Lipinski definition) is 6. The minimum absolute atomic E-state index is 0.0686. The van der Waals surface area contributed by atoms with Crippen molar-refractivity contribution in [1.29, 1.82) is 0 Å². The van der Waals surface area contributed by atoms with E-state index in [9.17, 15) is 24.3 Å². The van der Waals surface area contributed by atoms with Gasteiger partial charge >= 0.3 is 5.97 Å². The van der Waals surface area contributed by atoms with Gasteiger partial charge in [-0.15, -0.1) is 11.8 Å². The molecule has 0 fully saturated rings. The van der Waals surface area contributed by atoms with Crippen LogP contribution >= 0.6 is 11.8 Å². The normalized spacial score (nSPS) is 11.7. The van der Waals surface area contributed by atoms with Crippen molar-refractivity contribution in [3.05, 3.63) is 126 Å². The minimum Gasteiger partial charge on any atom is -0.507 e. The van der Waals surface area contributed by atoms with Gasteiger partial charge in [0.1, 0.15) is 17.0 Å². The number of hydrogen-bond donors (Lipinski definition) is 5. The number of aromatic carboxylic acids is 1. The zero-order chi connectivity index (χ0) is 30.1. The molecule has 0 heterocycles. The second kappa shape index (κ2) is 13.8. The highest BCUT2D eigenvalue weighted by Crippen LogP contribution is 2.27. The number of anilines is 2. The topological polar surface area (TPSA) is 145 Å². The highest BCUT2D eigenvalue weighted by atomic mass is 32.2. The number of carboxylic acid groups (broad SMARTS) is 1. The standard InChI is InChI=1S/C32H27N3O6S/c1-20(29(37)34-24-14-17-28(36)26(19-24)32(40)41)42-25-15-12-23(13-16-25)33-31(39)27(18-21-8-4-2-5-9-21)35-30(38)22-10-6-3-7-11-22/h2-20,36H,1H3,(H,33,39)(H,34,37)(H,35,38)(H,40,41)/b27-18-. The molecule has 5 N–H and O–H groups in total. The molecule has 0 aromatic heterocycles. The van der Waals surface area contributed by atoms with Crippen molar-refractivity contribution in [3.63, 3.8) is 0 Å². The smallest absolute Gasteiger partial charge is 0.339 e. The average molecular weight is 582 g/mol. The first-order valence-corrected chi connectivity index (χ1v) is 13.7. The van der Waals surface area contributed by atoms with Crippen LogP contribution in [0.5, 0.6) is 5.75 Å². The molecule has 1 unspecified atom stereocenters. The molecule has 42 heavy (non-hydrogen) atoms. The number of amides is 3. The summed E-state index contributed by atoms with van der Waals surface area (Å²) in [6.45, 7) is 1.70. The van der Waals surface area contributed by atoms with Crippen molar-refractivity contribution < 1.29 is 29.4 Å². The highest BCUT2D eigenvalue weighted by Gasteiger charge is 2.18. The monoisotopic (exact) mass is 581 g/mol. The second-order valence-electron chi connectivity index (χ2n) is 9.05. The lowest BCUT2D eigenvalue weighted by Crippen LogP contribution is -2.30. The van der Waals surface area contributed by atoms with Crippen molar-refractivity contribution in [2.75, 3.05) is 10.6 Å². The van der Waals surface area contributed by atoms with Gasteiger partial charge < -0.3 is 26.2 Å². The molecule has 0 aliphatic rings. The Kier molecular flexibility index (Phi) is 9.75. The van der Waals surface area contributed by atoms with E-state index >= 15 is 0 Å². The third-order valence-corrected chi connectivity index (χ3v) is 7.04. The van der Waals surface area contributed by atoms with Gasteiger partial charge in [0.15, 0.2) is 0 Å². The molecule has 0 aliphatic heterocycles. The van der Waals surface area contributed by atoms with Crippen molar-refractivity contribution >= 4 is 52.9 Å². The van der Waals surface area contributed by atoms with E-state index in [-0.39, 0.29) is 22.9 Å². The molecule has 0 saturated heterocycles. The van der Waals surface area contributed by atoms with Crippen LogP contribution in [-0.2, 0) is 9.59 Å². The Morgan fingerprint density at radius 1 is 0.786 bits per heavy atom. The summed E-state index contributed by atoms with van der Waals surface area (Å²) in [4.78, 5) is 50.6. The summed E-state index contributed by atoms with van der Waals surface area (Å²) >= 11 is 1.27. The highest BCUT2D eigenvalue weighted by molar-refractivity contribution is 8.00. The van der Waals surface area contributed by atoms with Gasteiger partial charge in [-0.3, -0.25) is 14.4 Å². The Labute approximate surface area is 246 Å². The van der Waals surface area contributed by atoms with Crippen LogP contribution in [0.4, 0.5) is 11.4 Å². The van der Waals surface area contributed by atoms with Crippen molar-refractivity contribution in [2.24, 2.45) is 0 Å². The molecule has 3 amide bonds. The maximum atomic E-state index is 13.2. The van der Waals surface area contributed by atoms with E-state index < -0.39 is 28.8 Å². The van der Waals surface area contributed by atoms with Crippen LogP contribution in [0, 0.1) is 0 Å². The summed E-state index contributed by atoms with van der Waals surface area (Å²) in [5.74, 6) is -2.98. The Morgan fingerprint density at radius 2 is 1.40 bits per heavy atom. The van der Waals surface area contributed by atoms with Crippen LogP contribution in [0.25, 0.3) is 6.08 Å². The van der Waals surface area contributed by atoms with E-state index in [4.69, 9.17) is 5.11 Å². The van der Waals surface area contributed by atoms with E-state index in [0.717, 1.165) is 10.5 Å². The molecule has 0 saturated carbocycles. The molecule has 4 aromatic rings. The van der Waals surface area contributed by atoms with E-state index in [0.29, 0.717) is 11.3 Å². The maximum absolute atomic E-state index is 13.2. The van der Waals surface area contributed by atoms with Gasteiger partial charge in [-0.05, 0) is 73.2 Å². The first-order chi connectivity index (χ1) is 20.2. The molecule has 1 atom stereocenters. The molecule has 212 valence electrons. The third kappa shape index (κ3) is 8.09. The van der Waals surface area contributed by atoms with Crippen LogP contribution in [0.2, 0.25) is 0 Å². The molecular formula is C32H27N3O6S. The first-order valence-electron chi connectivity index (χ1n) is 12.8. The molecular weight excluding hydrogens is 554 g/mol. The predicted octanol–water partition coefficient (Wildman–Crippen LogP) is 5.62. The van der Waals surface area contributed by atoms with E-state index in [1.54, 1.807) is 67.6 Å². The number of benzene rings is 4. The quantitative estimate of drug-likeness (QED) is 0.0929. The Hall–Kier alpha value is -5.35. The van der Waals surface area contributed by atoms with E-state index in [2.05, 4.69) is 16.0 Å². The zero-order valence-electron chi connectivity index (χ0n) is 22.4. The summed E-state index contributed by atoms with van der Waals surface area (Å²) in [6, 6.07) is 28.4. The maximum Gasteiger partial charge on any atom is 0.339 e. The van der Waals surface area contributed by atoms with Crippen molar-refractivity contribution in [1.82, 2.24) is 5.32 Å². The van der Waals surface area contributed by atoms with Crippen LogP contribution < -0.4 is 16.0 Å². The van der Waals surface area contributed by atoms with Gasteiger partial charge in [0.25, 0.3) is 11.8 Å². The van der Waals surface area contributed by atoms with E-state index in [1.807, 2.05) is 30.3 Å². The number of aromatic hydroxyl groups is 1. The van der Waals surface area contributed by atoms with Gasteiger partial charge in [-0.2, -0.15) is 0 Å². The fourth-order valence-electron chi connectivity index (χ4n) is 3.76. The lowest BCUT2D eigenvalue weighted by Gasteiger charge is -2.14. The van der Waals surface area contributed by atoms with Gasteiger partial charge in [0, 0.05) is 21.8 Å². The fraction of sp³-hybridized carbons (Fsp3) is 0.0625. The molecule has 0 spiro atoms. The van der Waals surface area contributed by atoms with Crippen LogP contribution in [-0.4, -0.2) is 39.2 Å². The lowest BCUT2D eigenvalue weighted by atomic mass is 10.1. The summed E-state index contributed by atoms with van der Waals surface area (Å²) in [7, 11) is 0. The Balaban J connectivity index is 1.40. The minimum atomic E-state index is -1.31. The van der Waals surface area contributed by atoms with Gasteiger partial charge in [-0.1, -0.05) is 48.5 Å². The molecule has 0 radical (unpaired) electrons. The lowest BCUT2D eigenvalue weighted by molar-refractivity contribution is -0.115. The molecule has 9 nitrogen and oxygen atoms in total. The molecule has 0 aliphatic carbocycles. The number of rotatable bonds is 10. The summed E-state index contributed by atoms with van der Waals surface area (Å²) < 4.78 is 0. The van der Waals surface area contributed by atoms with Crippen molar-refractivity contribution in [2.45, 2.75) is 17.1 Å². The molecule has 4 aromatic carbocycles. The second-order valence-corrected chi connectivity index (χ2v) is 10.5. The number of nitrogens with one attached hydrogen (secondary N) is 3. The van der Waals surface area contributed by atoms with Crippen molar-refractivity contribution in [3.8, 4) is 5.75 Å². The number of carboxylic acids is 1. The molecule has 10 heteroatoms. The van der Waals surface area contributed by atoms with Crippen LogP contribution in [0.15, 0.2) is 114 Å².